The molecule has 8 nitrogen and oxygen atoms in total. The number of methoxy groups -OCH3 is 1. The Hall–Kier alpha value is -2.55. The van der Waals surface area contributed by atoms with E-state index in [-0.39, 0.29) is 17.5 Å². The monoisotopic (exact) mass is 379 g/mol. The summed E-state index contributed by atoms with van der Waals surface area (Å²) in [4.78, 5) is 22.3. The number of amides is 1. The molecule has 9 heteroatoms. The number of nitrogens with one attached hydrogen (secondary N) is 1. The van der Waals surface area contributed by atoms with Crippen molar-refractivity contribution < 1.29 is 24.2 Å². The van der Waals surface area contributed by atoms with E-state index in [4.69, 9.17) is 14.6 Å². The van der Waals surface area contributed by atoms with E-state index in [1.807, 2.05) is 6.07 Å². The highest BCUT2D eigenvalue weighted by Crippen LogP contribution is 2.28. The van der Waals surface area contributed by atoms with Gasteiger partial charge in [0, 0.05) is 0 Å². The highest BCUT2D eigenvalue weighted by atomic mass is 32.2. The van der Waals surface area contributed by atoms with Gasteiger partial charge in [-0.3, -0.25) is 9.59 Å². The molecule has 0 bridgehead atoms. The van der Waals surface area contributed by atoms with Gasteiger partial charge in [0.05, 0.1) is 26.4 Å². The van der Waals surface area contributed by atoms with Crippen molar-refractivity contribution in [1.29, 1.82) is 0 Å². The van der Waals surface area contributed by atoms with Crippen LogP contribution >= 0.6 is 11.8 Å². The summed E-state index contributed by atoms with van der Waals surface area (Å²) in [6.07, 6.45) is 3.28. The van der Waals surface area contributed by atoms with Gasteiger partial charge in [0.15, 0.2) is 16.7 Å². The standard InChI is InChI=1S/C17H21N3O5S/c1-3-4-7-25-12-6-5-11(8-13(12)24-2)10-18-20-17-19-16(23)14(26-17)9-15(21)22/h5-6,8,10,14H,3-4,7,9H2,1-2H3,(H,21,22)(H,19,20,23). The lowest BCUT2D eigenvalue weighted by molar-refractivity contribution is -0.138. The van der Waals surface area contributed by atoms with Crippen LogP contribution < -0.4 is 14.8 Å². The molecule has 1 aromatic rings. The minimum atomic E-state index is -1.03. The van der Waals surface area contributed by atoms with Crippen LogP contribution in [-0.2, 0) is 9.59 Å². The van der Waals surface area contributed by atoms with Crippen LogP contribution in [0.3, 0.4) is 0 Å². The van der Waals surface area contributed by atoms with E-state index in [1.165, 1.54) is 6.21 Å². The number of ether oxygens (including phenoxy) is 2. The summed E-state index contributed by atoms with van der Waals surface area (Å²) in [6.45, 7) is 2.72. The topological polar surface area (TPSA) is 110 Å². The van der Waals surface area contributed by atoms with Crippen LogP contribution in [-0.4, -0.2) is 47.3 Å². The molecule has 0 saturated carbocycles. The summed E-state index contributed by atoms with van der Waals surface area (Å²) in [6, 6.07) is 5.40. The minimum absolute atomic E-state index is 0.254. The first-order valence-corrected chi connectivity index (χ1v) is 9.02. The molecule has 0 aromatic heterocycles. The largest absolute Gasteiger partial charge is 0.493 e. The minimum Gasteiger partial charge on any atom is -0.493 e. The molecule has 140 valence electrons. The Bertz CT molecular complexity index is 720. The molecule has 1 heterocycles. The summed E-state index contributed by atoms with van der Waals surface area (Å²) in [7, 11) is 1.57. The van der Waals surface area contributed by atoms with E-state index in [1.54, 1.807) is 19.2 Å². The lowest BCUT2D eigenvalue weighted by atomic mass is 10.2. The van der Waals surface area contributed by atoms with E-state index in [9.17, 15) is 9.59 Å². The van der Waals surface area contributed by atoms with E-state index in [0.717, 1.165) is 30.2 Å². The number of carbonyl (C=O) groups is 2. The molecule has 1 aromatic carbocycles. The average Bonchev–Trinajstić information content (AvgIpc) is 2.95. The zero-order valence-corrected chi connectivity index (χ0v) is 15.4. The van der Waals surface area contributed by atoms with Crippen molar-refractivity contribution in [2.24, 2.45) is 10.2 Å². The van der Waals surface area contributed by atoms with Gasteiger partial charge < -0.3 is 19.9 Å². The SMILES string of the molecule is CCCCOc1ccc(C=NN=C2NC(=O)C(CC(=O)O)S2)cc1OC. The molecule has 1 amide bonds. The predicted octanol–water partition coefficient (Wildman–Crippen LogP) is 2.27. The van der Waals surface area contributed by atoms with Gasteiger partial charge in [-0.25, -0.2) is 0 Å². The van der Waals surface area contributed by atoms with Crippen molar-refractivity contribution in [3.63, 3.8) is 0 Å². The lowest BCUT2D eigenvalue weighted by Gasteiger charge is -2.10. The Balaban J connectivity index is 1.99. The van der Waals surface area contributed by atoms with Gasteiger partial charge in [-0.15, -0.1) is 5.10 Å². The second-order valence-electron chi connectivity index (χ2n) is 5.46. The molecule has 1 fully saturated rings. The molecule has 0 radical (unpaired) electrons. The number of nitrogens with zero attached hydrogens (tertiary/aromatic N) is 2. The van der Waals surface area contributed by atoms with Crippen molar-refractivity contribution >= 4 is 35.0 Å². The molecule has 1 unspecified atom stereocenters. The van der Waals surface area contributed by atoms with Crippen LogP contribution in [0.1, 0.15) is 31.7 Å². The zero-order chi connectivity index (χ0) is 18.9. The molecule has 0 spiro atoms. The van der Waals surface area contributed by atoms with Crippen LogP contribution in [0.4, 0.5) is 0 Å². The van der Waals surface area contributed by atoms with Crippen molar-refractivity contribution in [3.05, 3.63) is 23.8 Å². The Morgan fingerprint density at radius 1 is 1.42 bits per heavy atom. The van der Waals surface area contributed by atoms with E-state index in [0.29, 0.717) is 18.1 Å². The predicted molar refractivity (Wildman–Crippen MR) is 100 cm³/mol. The molecule has 2 N–H and O–H groups in total. The maximum absolute atomic E-state index is 11.6. The second kappa shape index (κ2) is 9.81. The molecule has 0 aliphatic carbocycles. The molecule has 26 heavy (non-hydrogen) atoms. The van der Waals surface area contributed by atoms with Gasteiger partial charge in [-0.2, -0.15) is 5.10 Å². The number of hydrogen-bond donors (Lipinski definition) is 2. The molecule has 2 rings (SSSR count). The molecular weight excluding hydrogens is 358 g/mol. The number of hydrogen-bond acceptors (Lipinski definition) is 7. The molecular formula is C17H21N3O5S. The Morgan fingerprint density at radius 2 is 2.23 bits per heavy atom. The number of aliphatic carboxylic acids is 1. The van der Waals surface area contributed by atoms with Crippen LogP contribution in [0, 0.1) is 0 Å². The normalized spacial score (nSPS) is 18.3. The summed E-state index contributed by atoms with van der Waals surface area (Å²) in [5.41, 5.74) is 0.755. The number of benzene rings is 1. The number of unbranched alkanes of at least 4 members (excludes halogenated alkanes) is 1. The van der Waals surface area contributed by atoms with Gasteiger partial charge in [0.1, 0.15) is 5.25 Å². The number of rotatable bonds is 9. The third-order valence-electron chi connectivity index (χ3n) is 3.43. The second-order valence-corrected chi connectivity index (χ2v) is 6.65. The fourth-order valence-corrected chi connectivity index (χ4v) is 3.02. The highest BCUT2D eigenvalue weighted by molar-refractivity contribution is 8.15. The first-order chi connectivity index (χ1) is 12.5. The van der Waals surface area contributed by atoms with Crippen LogP contribution in [0.5, 0.6) is 11.5 Å². The number of carboxylic acid groups (broad SMARTS) is 1. The summed E-state index contributed by atoms with van der Waals surface area (Å²) in [5, 5.41) is 18.7. The third-order valence-corrected chi connectivity index (χ3v) is 4.51. The zero-order valence-electron chi connectivity index (χ0n) is 14.6. The van der Waals surface area contributed by atoms with Gasteiger partial charge in [0.2, 0.25) is 5.91 Å². The summed E-state index contributed by atoms with van der Waals surface area (Å²) < 4.78 is 11.0. The highest BCUT2D eigenvalue weighted by Gasteiger charge is 2.32. The number of carbonyl (C=O) groups excluding carboxylic acids is 1. The number of thioether (sulfide) groups is 1. The Morgan fingerprint density at radius 3 is 2.92 bits per heavy atom. The fraction of sp³-hybridized carbons (Fsp3) is 0.412. The maximum Gasteiger partial charge on any atom is 0.305 e. The van der Waals surface area contributed by atoms with E-state index < -0.39 is 11.2 Å². The van der Waals surface area contributed by atoms with Crippen LogP contribution in [0.25, 0.3) is 0 Å². The lowest BCUT2D eigenvalue weighted by Crippen LogP contribution is -2.26. The van der Waals surface area contributed by atoms with Crippen molar-refractivity contribution in [2.75, 3.05) is 13.7 Å². The van der Waals surface area contributed by atoms with Gasteiger partial charge in [0.25, 0.3) is 0 Å². The van der Waals surface area contributed by atoms with Crippen LogP contribution in [0.15, 0.2) is 28.4 Å². The van der Waals surface area contributed by atoms with Crippen molar-refractivity contribution in [2.45, 2.75) is 31.4 Å². The first kappa shape index (κ1) is 19.8. The van der Waals surface area contributed by atoms with Gasteiger partial charge in [-0.05, 0) is 30.2 Å². The fourth-order valence-electron chi connectivity index (χ4n) is 2.10. The molecule has 1 aliphatic heterocycles. The van der Waals surface area contributed by atoms with Crippen molar-refractivity contribution in [1.82, 2.24) is 5.32 Å². The van der Waals surface area contributed by atoms with Crippen LogP contribution in [0.2, 0.25) is 0 Å². The molecule has 1 saturated heterocycles. The van der Waals surface area contributed by atoms with Gasteiger partial charge >= 0.3 is 5.97 Å². The maximum atomic E-state index is 11.6. The smallest absolute Gasteiger partial charge is 0.305 e. The van der Waals surface area contributed by atoms with E-state index >= 15 is 0 Å². The van der Waals surface area contributed by atoms with Crippen molar-refractivity contribution in [3.8, 4) is 11.5 Å². The summed E-state index contributed by atoms with van der Waals surface area (Å²) in [5.74, 6) is -0.139. The summed E-state index contributed by atoms with van der Waals surface area (Å²) >= 11 is 1.05. The van der Waals surface area contributed by atoms with Gasteiger partial charge in [-0.1, -0.05) is 25.1 Å². The Kier molecular flexibility index (Phi) is 7.46. The molecule has 1 aliphatic rings. The van der Waals surface area contributed by atoms with E-state index in [2.05, 4.69) is 22.4 Å². The number of amidine groups is 1. The number of carboxylic acids is 1. The average molecular weight is 379 g/mol. The Labute approximate surface area is 155 Å². The first-order valence-electron chi connectivity index (χ1n) is 8.14. The third kappa shape index (κ3) is 5.76. The quantitative estimate of drug-likeness (QED) is 0.387. The molecule has 1 atom stereocenters.